The van der Waals surface area contributed by atoms with E-state index in [0.29, 0.717) is 22.2 Å². The van der Waals surface area contributed by atoms with Crippen LogP contribution >= 0.6 is 11.6 Å². The number of halogens is 1. The molecule has 1 aromatic carbocycles. The van der Waals surface area contributed by atoms with Gasteiger partial charge in [-0.15, -0.1) is 0 Å². The van der Waals surface area contributed by atoms with Gasteiger partial charge < -0.3 is 20.1 Å². The van der Waals surface area contributed by atoms with Crippen LogP contribution < -0.4 is 20.1 Å². The quantitative estimate of drug-likeness (QED) is 0.871. The van der Waals surface area contributed by atoms with E-state index in [0.717, 1.165) is 25.9 Å². The third-order valence-corrected chi connectivity index (χ3v) is 3.74. The molecule has 19 heavy (non-hydrogen) atoms. The Morgan fingerprint density at radius 2 is 1.95 bits per heavy atom. The van der Waals surface area contributed by atoms with Crippen LogP contribution in [0.15, 0.2) is 12.1 Å². The molecule has 0 bridgehead atoms. The Kier molecular flexibility index (Phi) is 3.48. The zero-order valence-corrected chi connectivity index (χ0v) is 11.1. The molecule has 0 atom stereocenters. The summed E-state index contributed by atoms with van der Waals surface area (Å²) in [5.74, 6) is 1.29. The molecule has 6 heteroatoms. The molecule has 2 aliphatic heterocycles. The van der Waals surface area contributed by atoms with E-state index in [1.165, 1.54) is 0 Å². The summed E-state index contributed by atoms with van der Waals surface area (Å²) in [6, 6.07) is 3.38. The van der Waals surface area contributed by atoms with Crippen molar-refractivity contribution in [2.45, 2.75) is 12.8 Å². The fraction of sp³-hybridized carbons (Fsp3) is 0.462. The van der Waals surface area contributed by atoms with Gasteiger partial charge in [-0.05, 0) is 25.9 Å². The number of amides is 1. The Hall–Kier alpha value is -1.46. The van der Waals surface area contributed by atoms with Crippen LogP contribution in [0, 0.1) is 5.92 Å². The molecule has 3 rings (SSSR count). The Morgan fingerprint density at radius 1 is 1.26 bits per heavy atom. The van der Waals surface area contributed by atoms with E-state index < -0.39 is 0 Å². The van der Waals surface area contributed by atoms with Crippen LogP contribution in [0.3, 0.4) is 0 Å². The van der Waals surface area contributed by atoms with Crippen molar-refractivity contribution >= 4 is 23.2 Å². The zero-order valence-electron chi connectivity index (χ0n) is 10.4. The van der Waals surface area contributed by atoms with E-state index >= 15 is 0 Å². The lowest BCUT2D eigenvalue weighted by Gasteiger charge is -2.22. The Bertz CT molecular complexity index is 501. The zero-order chi connectivity index (χ0) is 13.2. The number of hydrogen-bond acceptors (Lipinski definition) is 4. The van der Waals surface area contributed by atoms with Gasteiger partial charge in [0.2, 0.25) is 12.7 Å². The number of carbonyl (C=O) groups is 1. The summed E-state index contributed by atoms with van der Waals surface area (Å²) in [5.41, 5.74) is 0.578. The van der Waals surface area contributed by atoms with Crippen LogP contribution in [0.25, 0.3) is 0 Å². The van der Waals surface area contributed by atoms with E-state index in [1.54, 1.807) is 12.1 Å². The molecule has 1 amide bonds. The lowest BCUT2D eigenvalue weighted by atomic mass is 9.97. The van der Waals surface area contributed by atoms with Crippen molar-refractivity contribution in [3.8, 4) is 11.5 Å². The van der Waals surface area contributed by atoms with Gasteiger partial charge in [-0.25, -0.2) is 0 Å². The van der Waals surface area contributed by atoms with Gasteiger partial charge in [0.1, 0.15) is 0 Å². The van der Waals surface area contributed by atoms with Crippen molar-refractivity contribution in [2.24, 2.45) is 5.92 Å². The van der Waals surface area contributed by atoms with E-state index in [-0.39, 0.29) is 18.6 Å². The number of piperidine rings is 1. The van der Waals surface area contributed by atoms with Crippen molar-refractivity contribution in [1.29, 1.82) is 0 Å². The first-order chi connectivity index (χ1) is 9.24. The van der Waals surface area contributed by atoms with Gasteiger partial charge in [0.25, 0.3) is 0 Å². The van der Waals surface area contributed by atoms with Gasteiger partial charge in [0.05, 0.1) is 10.7 Å². The van der Waals surface area contributed by atoms with Crippen molar-refractivity contribution in [2.75, 3.05) is 25.2 Å². The minimum Gasteiger partial charge on any atom is -0.454 e. The molecule has 2 aliphatic rings. The highest BCUT2D eigenvalue weighted by molar-refractivity contribution is 6.34. The number of anilines is 1. The molecule has 0 aliphatic carbocycles. The minimum absolute atomic E-state index is 0.0160. The molecular formula is C13H15ClN2O3. The van der Waals surface area contributed by atoms with Crippen molar-refractivity contribution in [1.82, 2.24) is 5.32 Å². The molecule has 1 aromatic rings. The van der Waals surface area contributed by atoms with E-state index in [9.17, 15) is 4.79 Å². The van der Waals surface area contributed by atoms with Crippen LogP contribution in [0.1, 0.15) is 12.8 Å². The maximum Gasteiger partial charge on any atom is 0.231 e. The number of carbonyl (C=O) groups excluding carboxylic acids is 1. The fourth-order valence-electron chi connectivity index (χ4n) is 2.33. The number of rotatable bonds is 2. The number of ether oxygens (including phenoxy) is 2. The van der Waals surface area contributed by atoms with Crippen LogP contribution in [-0.4, -0.2) is 25.8 Å². The molecule has 0 aromatic heterocycles. The average Bonchev–Trinajstić information content (AvgIpc) is 2.87. The smallest absolute Gasteiger partial charge is 0.231 e. The van der Waals surface area contributed by atoms with Crippen LogP contribution in [0.2, 0.25) is 5.02 Å². The third-order valence-electron chi connectivity index (χ3n) is 3.43. The summed E-state index contributed by atoms with van der Waals surface area (Å²) in [4.78, 5) is 12.2. The van der Waals surface area contributed by atoms with Crippen LogP contribution in [-0.2, 0) is 4.79 Å². The largest absolute Gasteiger partial charge is 0.454 e. The molecule has 2 heterocycles. The SMILES string of the molecule is O=C(Nc1cc2c(cc1Cl)OCO2)C1CCNCC1. The first-order valence-electron chi connectivity index (χ1n) is 6.35. The standard InChI is InChI=1S/C13H15ClN2O3/c14-9-5-11-12(19-7-18-11)6-10(9)16-13(17)8-1-3-15-4-2-8/h5-6,8,15H,1-4,7H2,(H,16,17). The summed E-state index contributed by atoms with van der Waals surface area (Å²) in [7, 11) is 0. The number of fused-ring (bicyclic) bond motifs is 1. The van der Waals surface area contributed by atoms with Gasteiger partial charge in [0.15, 0.2) is 11.5 Å². The van der Waals surface area contributed by atoms with Gasteiger partial charge in [-0.2, -0.15) is 0 Å². The summed E-state index contributed by atoms with van der Waals surface area (Å²) < 4.78 is 10.5. The summed E-state index contributed by atoms with van der Waals surface area (Å²) in [6.45, 7) is 1.96. The van der Waals surface area contributed by atoms with Crippen molar-refractivity contribution in [3.05, 3.63) is 17.2 Å². The number of nitrogens with one attached hydrogen (secondary N) is 2. The fourth-order valence-corrected chi connectivity index (χ4v) is 2.53. The Labute approximate surface area is 116 Å². The van der Waals surface area contributed by atoms with Crippen LogP contribution in [0.5, 0.6) is 11.5 Å². The highest BCUT2D eigenvalue weighted by Gasteiger charge is 2.23. The van der Waals surface area contributed by atoms with Crippen LogP contribution in [0.4, 0.5) is 5.69 Å². The first-order valence-corrected chi connectivity index (χ1v) is 6.72. The van der Waals surface area contributed by atoms with Gasteiger partial charge in [0, 0.05) is 18.1 Å². The third kappa shape index (κ3) is 2.62. The van der Waals surface area contributed by atoms with Crippen molar-refractivity contribution in [3.63, 3.8) is 0 Å². The molecule has 2 N–H and O–H groups in total. The molecule has 0 spiro atoms. The summed E-state index contributed by atoms with van der Waals surface area (Å²) >= 11 is 6.13. The summed E-state index contributed by atoms with van der Waals surface area (Å²) in [5, 5.41) is 6.58. The topological polar surface area (TPSA) is 59.6 Å². The average molecular weight is 283 g/mol. The second-order valence-corrected chi connectivity index (χ2v) is 5.11. The molecule has 5 nitrogen and oxygen atoms in total. The minimum atomic E-state index is 0.0160. The normalized spacial score (nSPS) is 18.4. The van der Waals surface area contributed by atoms with E-state index in [1.807, 2.05) is 0 Å². The number of hydrogen-bond donors (Lipinski definition) is 2. The first kappa shape index (κ1) is 12.6. The predicted octanol–water partition coefficient (Wildman–Crippen LogP) is 2.01. The lowest BCUT2D eigenvalue weighted by molar-refractivity contribution is -0.120. The molecule has 1 fully saturated rings. The molecule has 102 valence electrons. The number of benzene rings is 1. The molecule has 0 unspecified atom stereocenters. The Balaban J connectivity index is 1.74. The molecule has 0 radical (unpaired) electrons. The predicted molar refractivity (Wildman–Crippen MR) is 71.8 cm³/mol. The highest BCUT2D eigenvalue weighted by Crippen LogP contribution is 2.39. The molecule has 1 saturated heterocycles. The second-order valence-electron chi connectivity index (χ2n) is 4.70. The summed E-state index contributed by atoms with van der Waals surface area (Å²) in [6.07, 6.45) is 1.71. The maximum absolute atomic E-state index is 12.2. The molecule has 0 saturated carbocycles. The monoisotopic (exact) mass is 282 g/mol. The van der Waals surface area contributed by atoms with E-state index in [2.05, 4.69) is 10.6 Å². The van der Waals surface area contributed by atoms with Gasteiger partial charge in [-0.3, -0.25) is 4.79 Å². The maximum atomic E-state index is 12.2. The second kappa shape index (κ2) is 5.27. The highest BCUT2D eigenvalue weighted by atomic mass is 35.5. The van der Waals surface area contributed by atoms with E-state index in [4.69, 9.17) is 21.1 Å². The Morgan fingerprint density at radius 3 is 2.68 bits per heavy atom. The van der Waals surface area contributed by atoms with Gasteiger partial charge in [-0.1, -0.05) is 11.6 Å². The van der Waals surface area contributed by atoms with Gasteiger partial charge >= 0.3 is 0 Å². The molecular weight excluding hydrogens is 268 g/mol. The van der Waals surface area contributed by atoms with Crippen molar-refractivity contribution < 1.29 is 14.3 Å². The lowest BCUT2D eigenvalue weighted by Crippen LogP contribution is -2.34.